The Morgan fingerprint density at radius 1 is 0.821 bits per heavy atom. The lowest BCUT2D eigenvalue weighted by Crippen LogP contribution is -2.43. The van der Waals surface area contributed by atoms with Crippen LogP contribution < -0.4 is 10.1 Å². The predicted molar refractivity (Wildman–Crippen MR) is 156 cm³/mol. The second-order valence-corrected chi connectivity index (χ2v) is 11.4. The molecule has 3 heterocycles. The van der Waals surface area contributed by atoms with Gasteiger partial charge in [0.15, 0.2) is 0 Å². The van der Waals surface area contributed by atoms with E-state index in [0.717, 1.165) is 34.9 Å². The van der Waals surface area contributed by atoms with E-state index in [1.165, 1.54) is 42.4 Å². The Morgan fingerprint density at radius 3 is 2.31 bits per heavy atom. The SMILES string of the molecule is CC(=O)Nc1ccccc1-c1ccc2c(c1)Oc1ccccc1[C@@H]2C1CC2CCC(C1)N2Cc1ccccc1. The van der Waals surface area contributed by atoms with Gasteiger partial charge >= 0.3 is 0 Å². The zero-order valence-electron chi connectivity index (χ0n) is 22.3. The van der Waals surface area contributed by atoms with E-state index in [1.807, 2.05) is 18.2 Å². The highest BCUT2D eigenvalue weighted by Gasteiger charge is 2.45. The van der Waals surface area contributed by atoms with Gasteiger partial charge in [-0.1, -0.05) is 78.9 Å². The first-order chi connectivity index (χ1) is 19.1. The third-order valence-corrected chi connectivity index (χ3v) is 8.97. The molecule has 0 aliphatic carbocycles. The number of amides is 1. The van der Waals surface area contributed by atoms with E-state index in [4.69, 9.17) is 4.74 Å². The first-order valence-corrected chi connectivity index (χ1v) is 14.2. The Labute approximate surface area is 230 Å². The van der Waals surface area contributed by atoms with Gasteiger partial charge in [-0.15, -0.1) is 0 Å². The number of piperidine rings is 1. The number of nitrogens with one attached hydrogen (secondary N) is 1. The van der Waals surface area contributed by atoms with Crippen LogP contribution in [0, 0.1) is 5.92 Å². The fraction of sp³-hybridized carbons (Fsp3) is 0.286. The molecule has 4 heteroatoms. The van der Waals surface area contributed by atoms with Crippen molar-refractivity contribution in [3.05, 3.63) is 114 Å². The van der Waals surface area contributed by atoms with Gasteiger partial charge in [0.2, 0.25) is 5.91 Å². The number of hydrogen-bond donors (Lipinski definition) is 1. The Bertz CT molecular complexity index is 1500. The summed E-state index contributed by atoms with van der Waals surface area (Å²) in [6, 6.07) is 35.4. The summed E-state index contributed by atoms with van der Waals surface area (Å²) in [6.45, 7) is 2.60. The van der Waals surface area contributed by atoms with Crippen molar-refractivity contribution in [3.63, 3.8) is 0 Å². The van der Waals surface area contributed by atoms with Crippen LogP contribution in [-0.4, -0.2) is 22.9 Å². The normalized spacial score (nSPS) is 23.4. The summed E-state index contributed by atoms with van der Waals surface area (Å²) in [5, 5.41) is 2.98. The van der Waals surface area contributed by atoms with Gasteiger partial charge in [-0.25, -0.2) is 0 Å². The number of nitrogens with zero attached hydrogens (tertiary/aromatic N) is 1. The number of carbonyl (C=O) groups excluding carboxylic acids is 1. The van der Waals surface area contributed by atoms with E-state index >= 15 is 0 Å². The Hall–Kier alpha value is -3.89. The molecule has 1 N–H and O–H groups in total. The van der Waals surface area contributed by atoms with Gasteiger partial charge < -0.3 is 10.1 Å². The Balaban J connectivity index is 1.22. The third kappa shape index (κ3) is 4.53. The fourth-order valence-corrected chi connectivity index (χ4v) is 7.35. The van der Waals surface area contributed by atoms with Crippen LogP contribution in [0.25, 0.3) is 11.1 Å². The molecule has 2 fully saturated rings. The molecule has 1 amide bonds. The number of carbonyl (C=O) groups is 1. The Morgan fingerprint density at radius 2 is 1.51 bits per heavy atom. The molecule has 39 heavy (non-hydrogen) atoms. The van der Waals surface area contributed by atoms with E-state index in [2.05, 4.69) is 89.1 Å². The van der Waals surface area contributed by atoms with Gasteiger partial charge in [-0.05, 0) is 60.9 Å². The molecule has 0 aromatic heterocycles. The van der Waals surface area contributed by atoms with Crippen LogP contribution in [0.5, 0.6) is 11.5 Å². The first kappa shape index (κ1) is 24.2. The average molecular weight is 515 g/mol. The molecule has 3 aliphatic rings. The molecule has 2 unspecified atom stereocenters. The molecular formula is C35H34N2O2. The van der Waals surface area contributed by atoms with Crippen LogP contribution >= 0.6 is 0 Å². The number of para-hydroxylation sites is 2. The molecule has 0 radical (unpaired) electrons. The lowest BCUT2D eigenvalue weighted by molar-refractivity contribution is -0.114. The van der Waals surface area contributed by atoms with E-state index in [1.54, 1.807) is 6.92 Å². The zero-order chi connectivity index (χ0) is 26.3. The molecule has 4 nitrogen and oxygen atoms in total. The van der Waals surface area contributed by atoms with Gasteiger partial charge in [0.25, 0.3) is 0 Å². The minimum Gasteiger partial charge on any atom is -0.457 e. The van der Waals surface area contributed by atoms with Crippen LogP contribution in [0.3, 0.4) is 0 Å². The molecule has 0 spiro atoms. The largest absolute Gasteiger partial charge is 0.457 e. The lowest BCUT2D eigenvalue weighted by atomic mass is 9.72. The topological polar surface area (TPSA) is 41.6 Å². The summed E-state index contributed by atoms with van der Waals surface area (Å²) in [7, 11) is 0. The van der Waals surface area contributed by atoms with Crippen molar-refractivity contribution in [2.45, 2.75) is 57.2 Å². The summed E-state index contributed by atoms with van der Waals surface area (Å²) >= 11 is 0. The van der Waals surface area contributed by atoms with Crippen LogP contribution in [0.2, 0.25) is 0 Å². The van der Waals surface area contributed by atoms with Crippen molar-refractivity contribution in [1.29, 1.82) is 0 Å². The van der Waals surface area contributed by atoms with Gasteiger partial charge in [0.1, 0.15) is 11.5 Å². The molecule has 4 aromatic carbocycles. The van der Waals surface area contributed by atoms with E-state index in [0.29, 0.717) is 23.9 Å². The minimum absolute atomic E-state index is 0.0705. The van der Waals surface area contributed by atoms with E-state index < -0.39 is 0 Å². The molecule has 2 bridgehead atoms. The van der Waals surface area contributed by atoms with Gasteiger partial charge in [-0.2, -0.15) is 0 Å². The summed E-state index contributed by atoms with van der Waals surface area (Å²) in [6.07, 6.45) is 5.03. The fourth-order valence-electron chi connectivity index (χ4n) is 7.35. The number of benzene rings is 4. The Kier molecular flexibility index (Phi) is 6.21. The number of hydrogen-bond acceptors (Lipinski definition) is 3. The molecule has 196 valence electrons. The van der Waals surface area contributed by atoms with Crippen LogP contribution in [-0.2, 0) is 11.3 Å². The van der Waals surface area contributed by atoms with Crippen LogP contribution in [0.4, 0.5) is 5.69 Å². The molecule has 3 atom stereocenters. The third-order valence-electron chi connectivity index (χ3n) is 8.97. The molecule has 4 aromatic rings. The summed E-state index contributed by atoms with van der Waals surface area (Å²) in [5.74, 6) is 2.75. The number of anilines is 1. The van der Waals surface area contributed by atoms with Crippen LogP contribution in [0.15, 0.2) is 97.1 Å². The minimum atomic E-state index is -0.0705. The monoisotopic (exact) mass is 514 g/mol. The summed E-state index contributed by atoms with van der Waals surface area (Å²) in [4.78, 5) is 14.6. The molecule has 3 aliphatic heterocycles. The van der Waals surface area contributed by atoms with Crippen molar-refractivity contribution in [3.8, 4) is 22.6 Å². The van der Waals surface area contributed by atoms with E-state index in [9.17, 15) is 4.79 Å². The highest BCUT2D eigenvalue weighted by atomic mass is 16.5. The number of rotatable bonds is 5. The molecular weight excluding hydrogens is 480 g/mol. The maximum absolute atomic E-state index is 11.8. The maximum atomic E-state index is 11.8. The molecule has 0 saturated carbocycles. The van der Waals surface area contributed by atoms with Gasteiger partial charge in [0, 0.05) is 53.8 Å². The van der Waals surface area contributed by atoms with Crippen molar-refractivity contribution in [2.24, 2.45) is 5.92 Å². The van der Waals surface area contributed by atoms with E-state index in [-0.39, 0.29) is 5.91 Å². The average Bonchev–Trinajstić information content (AvgIpc) is 3.17. The van der Waals surface area contributed by atoms with Gasteiger partial charge in [0.05, 0.1) is 0 Å². The maximum Gasteiger partial charge on any atom is 0.221 e. The summed E-state index contributed by atoms with van der Waals surface area (Å²) in [5.41, 5.74) is 6.89. The van der Waals surface area contributed by atoms with Crippen molar-refractivity contribution in [1.82, 2.24) is 4.90 Å². The van der Waals surface area contributed by atoms with Gasteiger partial charge in [-0.3, -0.25) is 9.69 Å². The number of fused-ring (bicyclic) bond motifs is 4. The molecule has 7 rings (SSSR count). The quantitative estimate of drug-likeness (QED) is 0.293. The molecule has 2 saturated heterocycles. The highest BCUT2D eigenvalue weighted by molar-refractivity contribution is 5.94. The van der Waals surface area contributed by atoms with Crippen molar-refractivity contribution in [2.75, 3.05) is 5.32 Å². The second-order valence-electron chi connectivity index (χ2n) is 11.4. The second kappa shape index (κ2) is 10.0. The first-order valence-electron chi connectivity index (χ1n) is 14.2. The lowest BCUT2D eigenvalue weighted by Gasteiger charge is -2.43. The zero-order valence-corrected chi connectivity index (χ0v) is 22.3. The highest BCUT2D eigenvalue weighted by Crippen LogP contribution is 2.54. The predicted octanol–water partition coefficient (Wildman–Crippen LogP) is 7.99. The summed E-state index contributed by atoms with van der Waals surface area (Å²) < 4.78 is 6.55. The van der Waals surface area contributed by atoms with Crippen molar-refractivity contribution < 1.29 is 9.53 Å². The van der Waals surface area contributed by atoms with Crippen molar-refractivity contribution >= 4 is 11.6 Å². The standard InChI is InChI=1S/C35H34N2O2/c1-23(38)36-32-13-7-5-11-29(32)25-15-18-31-34(21-25)39-33-14-8-6-12-30(33)35(31)26-19-27-16-17-28(20-26)37(27)22-24-9-3-2-4-10-24/h2-15,18,21,26-28,35H,16-17,19-20,22H2,1H3,(H,36,38)/t26?,27?,28?,35-/m0/s1. The smallest absolute Gasteiger partial charge is 0.221 e. The number of ether oxygens (including phenoxy) is 1. The van der Waals surface area contributed by atoms with Crippen LogP contribution in [0.1, 0.15) is 55.2 Å².